The average molecular weight is 639 g/mol. The van der Waals surface area contributed by atoms with Crippen LogP contribution in [0.4, 0.5) is 5.69 Å². The van der Waals surface area contributed by atoms with Gasteiger partial charge in [0.15, 0.2) is 5.82 Å². The second kappa shape index (κ2) is 11.3. The third kappa shape index (κ3) is 4.27. The molecule has 0 unspecified atom stereocenters. The molecular formula is C43H22N6O. The zero-order valence-corrected chi connectivity index (χ0v) is 26.3. The minimum absolute atomic E-state index is 0.247. The van der Waals surface area contributed by atoms with Gasteiger partial charge in [0.25, 0.3) is 0 Å². The van der Waals surface area contributed by atoms with Gasteiger partial charge >= 0.3 is 0 Å². The van der Waals surface area contributed by atoms with Gasteiger partial charge in [-0.3, -0.25) is 0 Å². The molecule has 7 heteroatoms. The maximum absolute atomic E-state index is 10.7. The maximum atomic E-state index is 10.7. The molecular weight excluding hydrogens is 617 g/mol. The second-order valence-corrected chi connectivity index (χ2v) is 11.9. The smallest absolute Gasteiger partial charge is 0.212 e. The zero-order chi connectivity index (χ0) is 33.8. The molecule has 0 saturated carbocycles. The Labute approximate surface area is 286 Å². The molecule has 6 aromatic carbocycles. The summed E-state index contributed by atoms with van der Waals surface area (Å²) in [5.74, 6) is 0.433. The highest BCUT2D eigenvalue weighted by molar-refractivity contribution is 6.24. The van der Waals surface area contributed by atoms with Gasteiger partial charge in [0, 0.05) is 27.3 Å². The van der Waals surface area contributed by atoms with Gasteiger partial charge in [-0.05, 0) is 42.0 Å². The number of furan rings is 1. The van der Waals surface area contributed by atoms with E-state index in [1.165, 1.54) is 0 Å². The first-order valence-electron chi connectivity index (χ1n) is 15.9. The van der Waals surface area contributed by atoms with Gasteiger partial charge in [0.2, 0.25) is 5.69 Å². The van der Waals surface area contributed by atoms with E-state index in [0.29, 0.717) is 28.5 Å². The number of nitrogens with zero attached hydrogens (tertiary/aromatic N) is 6. The molecule has 0 bridgehead atoms. The molecule has 0 spiro atoms. The van der Waals surface area contributed by atoms with Gasteiger partial charge in [-0.15, -0.1) is 0 Å². The second-order valence-electron chi connectivity index (χ2n) is 11.9. The number of nitriles is 2. The van der Waals surface area contributed by atoms with Crippen LogP contribution in [-0.4, -0.2) is 14.5 Å². The van der Waals surface area contributed by atoms with Crippen LogP contribution in [0.2, 0.25) is 0 Å². The number of aromatic nitrogens is 3. The first kappa shape index (κ1) is 28.7. The number of fused-ring (bicyclic) bond motifs is 7. The van der Waals surface area contributed by atoms with Gasteiger partial charge in [0.1, 0.15) is 22.8 Å². The first-order chi connectivity index (χ1) is 24.7. The standard InChI is InChI=1S/C43H22N6O/c1-46-34-23-28(40-33(25-45)39(26-12-4-2-5-13-26)47-43(48-40)27-14-6-3-7-15-27)22-29(24-44)41(34)49-35-18-10-8-17-32(35)38-36(49)21-20-31-30-16-9-11-19-37(30)50-42(31)38/h2-23H. The Bertz CT molecular complexity index is 2920. The quantitative estimate of drug-likeness (QED) is 0.179. The van der Waals surface area contributed by atoms with Crippen LogP contribution < -0.4 is 0 Å². The SMILES string of the molecule is [C-]#[N+]c1cc(-c2nc(-c3ccccc3)nc(-c3ccccc3)c2C#N)cc(C#N)c1-n1c2ccccc2c2c3oc4ccccc4c3ccc21. The predicted octanol–water partition coefficient (Wildman–Crippen LogP) is 10.8. The van der Waals surface area contributed by atoms with Crippen LogP contribution in [0, 0.1) is 29.2 Å². The third-order valence-corrected chi connectivity index (χ3v) is 9.11. The predicted molar refractivity (Wildman–Crippen MR) is 196 cm³/mol. The van der Waals surface area contributed by atoms with Crippen LogP contribution in [0.1, 0.15) is 11.1 Å². The molecule has 7 nitrogen and oxygen atoms in total. The summed E-state index contributed by atoms with van der Waals surface area (Å²) in [5, 5.41) is 25.1. The Morgan fingerprint density at radius 1 is 0.620 bits per heavy atom. The lowest BCUT2D eigenvalue weighted by molar-refractivity contribution is 0.673. The first-order valence-corrected chi connectivity index (χ1v) is 15.9. The number of para-hydroxylation sites is 2. The van der Waals surface area contributed by atoms with E-state index in [9.17, 15) is 10.5 Å². The van der Waals surface area contributed by atoms with E-state index in [-0.39, 0.29) is 16.8 Å². The number of benzene rings is 6. The summed E-state index contributed by atoms with van der Waals surface area (Å²) in [6, 6.07) is 47.2. The van der Waals surface area contributed by atoms with Crippen molar-refractivity contribution in [1.29, 1.82) is 10.5 Å². The Hall–Kier alpha value is -7.53. The Balaban J connectivity index is 1.34. The number of rotatable bonds is 4. The summed E-state index contributed by atoms with van der Waals surface area (Å²) < 4.78 is 8.43. The van der Waals surface area contributed by atoms with Crippen LogP contribution in [0.25, 0.3) is 88.2 Å². The summed E-state index contributed by atoms with van der Waals surface area (Å²) in [7, 11) is 0. The van der Waals surface area contributed by atoms with E-state index < -0.39 is 0 Å². The molecule has 3 heterocycles. The van der Waals surface area contributed by atoms with Crippen LogP contribution in [0.15, 0.2) is 138 Å². The van der Waals surface area contributed by atoms with Crippen LogP contribution in [0.3, 0.4) is 0 Å². The largest absolute Gasteiger partial charge is 0.455 e. The molecule has 0 fully saturated rings. The summed E-state index contributed by atoms with van der Waals surface area (Å²) >= 11 is 0. The molecule has 50 heavy (non-hydrogen) atoms. The molecule has 9 rings (SSSR count). The fourth-order valence-corrected chi connectivity index (χ4v) is 6.93. The summed E-state index contributed by atoms with van der Waals surface area (Å²) in [5.41, 5.74) is 7.24. The molecule has 0 radical (unpaired) electrons. The maximum Gasteiger partial charge on any atom is 0.212 e. The van der Waals surface area contributed by atoms with Crippen molar-refractivity contribution >= 4 is 49.4 Å². The molecule has 0 aliphatic carbocycles. The molecule has 0 aliphatic rings. The Kier molecular flexibility index (Phi) is 6.49. The molecule has 0 saturated heterocycles. The normalized spacial score (nSPS) is 11.1. The molecule has 9 aromatic rings. The highest BCUT2D eigenvalue weighted by atomic mass is 16.3. The summed E-state index contributed by atoms with van der Waals surface area (Å²) in [6.45, 7) is 8.38. The fourth-order valence-electron chi connectivity index (χ4n) is 6.93. The number of hydrogen-bond donors (Lipinski definition) is 0. The van der Waals surface area contributed by atoms with Crippen LogP contribution >= 0.6 is 0 Å². The molecule has 3 aromatic heterocycles. The highest BCUT2D eigenvalue weighted by Gasteiger charge is 2.25. The van der Waals surface area contributed by atoms with E-state index in [1.54, 1.807) is 12.1 Å². The van der Waals surface area contributed by atoms with Gasteiger partial charge in [-0.2, -0.15) is 10.5 Å². The molecule has 0 N–H and O–H groups in total. The Morgan fingerprint density at radius 3 is 2.00 bits per heavy atom. The molecule has 0 aliphatic heterocycles. The van der Waals surface area contributed by atoms with Crippen molar-refractivity contribution in [2.45, 2.75) is 0 Å². The van der Waals surface area contributed by atoms with Crippen LogP contribution in [-0.2, 0) is 0 Å². The molecule has 230 valence electrons. The van der Waals surface area contributed by atoms with Gasteiger partial charge < -0.3 is 8.98 Å². The van der Waals surface area contributed by atoms with E-state index in [4.69, 9.17) is 21.0 Å². The highest BCUT2D eigenvalue weighted by Crippen LogP contribution is 2.44. The topological polar surface area (TPSA) is 95.8 Å². The summed E-state index contributed by atoms with van der Waals surface area (Å²) in [6.07, 6.45) is 0. The van der Waals surface area contributed by atoms with Crippen LogP contribution in [0.5, 0.6) is 0 Å². The average Bonchev–Trinajstić information content (AvgIpc) is 3.73. The lowest BCUT2D eigenvalue weighted by Gasteiger charge is -2.16. The van der Waals surface area contributed by atoms with Crippen molar-refractivity contribution in [3.05, 3.63) is 156 Å². The third-order valence-electron chi connectivity index (χ3n) is 9.11. The van der Waals surface area contributed by atoms with Gasteiger partial charge in [-0.1, -0.05) is 97.1 Å². The fraction of sp³-hybridized carbons (Fsp3) is 0. The minimum Gasteiger partial charge on any atom is -0.455 e. The lowest BCUT2D eigenvalue weighted by atomic mass is 9.97. The van der Waals surface area contributed by atoms with E-state index in [2.05, 4.69) is 17.0 Å². The van der Waals surface area contributed by atoms with Crippen molar-refractivity contribution in [2.24, 2.45) is 0 Å². The van der Waals surface area contributed by atoms with Crippen molar-refractivity contribution in [3.63, 3.8) is 0 Å². The van der Waals surface area contributed by atoms with E-state index in [0.717, 1.165) is 54.9 Å². The van der Waals surface area contributed by atoms with Crippen molar-refractivity contribution in [1.82, 2.24) is 14.5 Å². The van der Waals surface area contributed by atoms with E-state index >= 15 is 0 Å². The Morgan fingerprint density at radius 2 is 1.28 bits per heavy atom. The molecule has 0 atom stereocenters. The molecule has 0 amide bonds. The van der Waals surface area contributed by atoms with Crippen molar-refractivity contribution in [2.75, 3.05) is 0 Å². The zero-order valence-electron chi connectivity index (χ0n) is 26.3. The monoisotopic (exact) mass is 638 g/mol. The summed E-state index contributed by atoms with van der Waals surface area (Å²) in [4.78, 5) is 13.7. The van der Waals surface area contributed by atoms with Crippen molar-refractivity contribution in [3.8, 4) is 51.7 Å². The number of hydrogen-bond acceptors (Lipinski definition) is 5. The van der Waals surface area contributed by atoms with Gasteiger partial charge in [-0.25, -0.2) is 14.8 Å². The van der Waals surface area contributed by atoms with Crippen molar-refractivity contribution < 1.29 is 4.42 Å². The lowest BCUT2D eigenvalue weighted by Crippen LogP contribution is -2.03. The van der Waals surface area contributed by atoms with E-state index in [1.807, 2.05) is 126 Å². The van der Waals surface area contributed by atoms with Gasteiger partial charge in [0.05, 0.1) is 51.7 Å². The minimum atomic E-state index is 0.247.